The number of rotatable bonds is 4. The van der Waals surface area contributed by atoms with Crippen LogP contribution in [0.4, 0.5) is 0 Å². The number of carbonyl (C=O) groups excluding carboxylic acids is 1. The van der Waals surface area contributed by atoms with Gasteiger partial charge in [0, 0.05) is 7.11 Å². The van der Waals surface area contributed by atoms with E-state index in [-0.39, 0.29) is 11.9 Å². The number of hydrogen-bond donors (Lipinski definition) is 1. The van der Waals surface area contributed by atoms with Crippen LogP contribution in [0, 0.1) is 0 Å². The maximum absolute atomic E-state index is 11.1. The Bertz CT molecular complexity index is 165. The lowest BCUT2D eigenvalue weighted by atomic mass is 10.0. The first kappa shape index (κ1) is 10.3. The fourth-order valence-corrected chi connectivity index (χ4v) is 0.644. The Morgan fingerprint density at radius 1 is 1.64 bits per heavy atom. The molecule has 0 bridgehead atoms. The minimum absolute atomic E-state index is 0.139. The third-order valence-corrected chi connectivity index (χ3v) is 1.60. The maximum Gasteiger partial charge on any atom is 0.177 e. The van der Waals surface area contributed by atoms with Gasteiger partial charge in [-0.2, -0.15) is 0 Å². The molecule has 0 amide bonds. The predicted octanol–water partition coefficient (Wildman–Crippen LogP) is 0.494. The number of carbonyl (C=O) groups is 1. The molecule has 0 aromatic heterocycles. The van der Waals surface area contributed by atoms with E-state index in [0.29, 0.717) is 5.57 Å². The van der Waals surface area contributed by atoms with Gasteiger partial charge in [0.25, 0.3) is 0 Å². The first-order valence-electron chi connectivity index (χ1n) is 3.48. The van der Waals surface area contributed by atoms with Crippen molar-refractivity contribution < 1.29 is 9.53 Å². The van der Waals surface area contributed by atoms with Gasteiger partial charge in [-0.1, -0.05) is 6.58 Å². The second-order valence-corrected chi connectivity index (χ2v) is 2.61. The Balaban J connectivity index is 4.13. The molecule has 0 aliphatic rings. The summed E-state index contributed by atoms with van der Waals surface area (Å²) >= 11 is 0. The maximum atomic E-state index is 11.1. The third-order valence-electron chi connectivity index (χ3n) is 1.60. The van der Waals surface area contributed by atoms with Gasteiger partial charge in [-0.05, 0) is 19.4 Å². The number of ether oxygens (including phenoxy) is 1. The van der Waals surface area contributed by atoms with Gasteiger partial charge in [0.2, 0.25) is 0 Å². The summed E-state index contributed by atoms with van der Waals surface area (Å²) in [5, 5.41) is 0. The van der Waals surface area contributed by atoms with Crippen molar-refractivity contribution in [2.45, 2.75) is 26.0 Å². The lowest BCUT2D eigenvalue weighted by molar-refractivity contribution is -0.119. The van der Waals surface area contributed by atoms with Crippen molar-refractivity contribution in [3.63, 3.8) is 0 Å². The quantitative estimate of drug-likeness (QED) is 0.604. The lowest BCUT2D eigenvalue weighted by Crippen LogP contribution is -2.41. The van der Waals surface area contributed by atoms with Gasteiger partial charge in [0.05, 0.1) is 12.1 Å². The molecule has 2 unspecified atom stereocenters. The van der Waals surface area contributed by atoms with Gasteiger partial charge >= 0.3 is 0 Å². The molecule has 0 rings (SSSR count). The molecular weight excluding hydrogens is 142 g/mol. The minimum atomic E-state index is -0.586. The molecule has 64 valence electrons. The summed E-state index contributed by atoms with van der Waals surface area (Å²) in [4.78, 5) is 11.1. The normalized spacial score (nSPS) is 15.6. The van der Waals surface area contributed by atoms with Crippen LogP contribution in [0.15, 0.2) is 12.2 Å². The highest BCUT2D eigenvalue weighted by atomic mass is 16.5. The molecule has 0 saturated heterocycles. The second kappa shape index (κ2) is 4.26. The molecule has 0 aliphatic heterocycles. The van der Waals surface area contributed by atoms with E-state index in [1.165, 1.54) is 7.11 Å². The van der Waals surface area contributed by atoms with Crippen LogP contribution in [0.5, 0.6) is 0 Å². The standard InChI is InChI=1S/C8H15NO2/c1-5(2)8(10)7(9)6(3)11-4/h6-7H,1,9H2,2-4H3. The van der Waals surface area contributed by atoms with Crippen LogP contribution in [0.3, 0.4) is 0 Å². The summed E-state index contributed by atoms with van der Waals surface area (Å²) in [6.07, 6.45) is -0.251. The highest BCUT2D eigenvalue weighted by molar-refractivity contribution is 5.98. The highest BCUT2D eigenvalue weighted by Crippen LogP contribution is 2.01. The number of hydrogen-bond acceptors (Lipinski definition) is 3. The van der Waals surface area contributed by atoms with Gasteiger partial charge in [-0.15, -0.1) is 0 Å². The minimum Gasteiger partial charge on any atom is -0.380 e. The van der Waals surface area contributed by atoms with E-state index in [2.05, 4.69) is 6.58 Å². The smallest absolute Gasteiger partial charge is 0.177 e. The summed E-state index contributed by atoms with van der Waals surface area (Å²) < 4.78 is 4.90. The van der Waals surface area contributed by atoms with E-state index < -0.39 is 6.04 Å². The average molecular weight is 157 g/mol. The highest BCUT2D eigenvalue weighted by Gasteiger charge is 2.20. The summed E-state index contributed by atoms with van der Waals surface area (Å²) in [6, 6.07) is -0.586. The van der Waals surface area contributed by atoms with Crippen molar-refractivity contribution in [3.8, 4) is 0 Å². The third kappa shape index (κ3) is 2.82. The van der Waals surface area contributed by atoms with Crippen molar-refractivity contribution in [2.75, 3.05) is 7.11 Å². The number of ketones is 1. The predicted molar refractivity (Wildman–Crippen MR) is 44.3 cm³/mol. The van der Waals surface area contributed by atoms with E-state index in [4.69, 9.17) is 10.5 Å². The molecular formula is C8H15NO2. The van der Waals surface area contributed by atoms with Crippen molar-refractivity contribution >= 4 is 5.78 Å². The zero-order chi connectivity index (χ0) is 9.02. The topological polar surface area (TPSA) is 52.3 Å². The lowest BCUT2D eigenvalue weighted by Gasteiger charge is -2.16. The molecule has 0 aromatic carbocycles. The molecule has 0 heterocycles. The van der Waals surface area contributed by atoms with Crippen molar-refractivity contribution in [1.82, 2.24) is 0 Å². The largest absolute Gasteiger partial charge is 0.380 e. The van der Waals surface area contributed by atoms with E-state index in [9.17, 15) is 4.79 Å². The molecule has 0 radical (unpaired) electrons. The van der Waals surface area contributed by atoms with Crippen LogP contribution in [-0.2, 0) is 9.53 Å². The monoisotopic (exact) mass is 157 g/mol. The molecule has 11 heavy (non-hydrogen) atoms. The Hall–Kier alpha value is -0.670. The Kier molecular flexibility index (Phi) is 4.00. The Morgan fingerprint density at radius 3 is 2.36 bits per heavy atom. The number of nitrogens with two attached hydrogens (primary N) is 1. The number of methoxy groups -OCH3 is 1. The fourth-order valence-electron chi connectivity index (χ4n) is 0.644. The average Bonchev–Trinajstić information content (AvgIpc) is 2.00. The Morgan fingerprint density at radius 2 is 2.09 bits per heavy atom. The van der Waals surface area contributed by atoms with Gasteiger partial charge < -0.3 is 10.5 Å². The molecule has 3 nitrogen and oxygen atoms in total. The van der Waals surface area contributed by atoms with Gasteiger partial charge in [-0.3, -0.25) is 4.79 Å². The SMILES string of the molecule is C=C(C)C(=O)C(N)C(C)OC. The molecule has 2 N–H and O–H groups in total. The van der Waals surface area contributed by atoms with E-state index in [1.807, 2.05) is 0 Å². The van der Waals surface area contributed by atoms with Crippen LogP contribution in [0.25, 0.3) is 0 Å². The molecule has 0 aromatic rings. The fraction of sp³-hybridized carbons (Fsp3) is 0.625. The van der Waals surface area contributed by atoms with E-state index in [1.54, 1.807) is 13.8 Å². The first-order chi connectivity index (χ1) is 5.00. The molecule has 2 atom stereocenters. The van der Waals surface area contributed by atoms with Crippen LogP contribution >= 0.6 is 0 Å². The summed E-state index contributed by atoms with van der Waals surface area (Å²) in [5.74, 6) is -0.139. The molecule has 0 saturated carbocycles. The van der Waals surface area contributed by atoms with Crippen molar-refractivity contribution in [1.29, 1.82) is 0 Å². The van der Waals surface area contributed by atoms with Crippen LogP contribution in [0.2, 0.25) is 0 Å². The zero-order valence-electron chi connectivity index (χ0n) is 7.26. The van der Waals surface area contributed by atoms with Gasteiger partial charge in [0.1, 0.15) is 0 Å². The summed E-state index contributed by atoms with van der Waals surface area (Å²) in [6.45, 7) is 6.91. The van der Waals surface area contributed by atoms with Crippen LogP contribution in [0.1, 0.15) is 13.8 Å². The Labute approximate surface area is 67.2 Å². The van der Waals surface area contributed by atoms with Gasteiger partial charge in [0.15, 0.2) is 5.78 Å². The summed E-state index contributed by atoms with van der Waals surface area (Å²) in [5.41, 5.74) is 6.01. The second-order valence-electron chi connectivity index (χ2n) is 2.61. The van der Waals surface area contributed by atoms with E-state index in [0.717, 1.165) is 0 Å². The van der Waals surface area contributed by atoms with Gasteiger partial charge in [-0.25, -0.2) is 0 Å². The van der Waals surface area contributed by atoms with Crippen molar-refractivity contribution in [2.24, 2.45) is 5.73 Å². The van der Waals surface area contributed by atoms with Crippen molar-refractivity contribution in [3.05, 3.63) is 12.2 Å². The van der Waals surface area contributed by atoms with Crippen LogP contribution in [-0.4, -0.2) is 25.0 Å². The number of Topliss-reactive ketones (excluding diaryl/α,β-unsaturated/α-hetero) is 1. The molecule has 3 heteroatoms. The molecule has 0 aliphatic carbocycles. The molecule has 0 spiro atoms. The van der Waals surface area contributed by atoms with Crippen LogP contribution < -0.4 is 5.73 Å². The first-order valence-corrected chi connectivity index (χ1v) is 3.48. The molecule has 0 fully saturated rings. The summed E-state index contributed by atoms with van der Waals surface area (Å²) in [7, 11) is 1.52. The van der Waals surface area contributed by atoms with E-state index >= 15 is 0 Å². The zero-order valence-corrected chi connectivity index (χ0v) is 7.26.